The van der Waals surface area contributed by atoms with Crippen LogP contribution in [0.5, 0.6) is 0 Å². The first-order valence-electron chi connectivity index (χ1n) is 7.72. The smallest absolute Gasteiger partial charge is 0.339 e. The van der Waals surface area contributed by atoms with Gasteiger partial charge >= 0.3 is 11.9 Å². The van der Waals surface area contributed by atoms with Gasteiger partial charge in [0.25, 0.3) is 5.69 Å². The van der Waals surface area contributed by atoms with E-state index in [1.54, 1.807) is 0 Å². The second kappa shape index (κ2) is 7.38. The number of nitrogens with zero attached hydrogens (tertiary/aromatic N) is 2. The van der Waals surface area contributed by atoms with E-state index in [1.807, 2.05) is 0 Å². The van der Waals surface area contributed by atoms with Crippen molar-refractivity contribution in [2.45, 2.75) is 30.7 Å². The number of non-ortho nitro benzene ring substituents is 1. The zero-order chi connectivity index (χ0) is 19.6. The molecule has 1 aliphatic rings. The Bertz CT molecular complexity index is 851. The highest BCUT2D eigenvalue weighted by molar-refractivity contribution is 7.89. The largest absolute Gasteiger partial charge is 0.481 e. The van der Waals surface area contributed by atoms with Gasteiger partial charge in [-0.25, -0.2) is 13.2 Å². The third-order valence-corrected chi connectivity index (χ3v) is 6.44. The predicted molar refractivity (Wildman–Crippen MR) is 88.1 cm³/mol. The second-order valence-electron chi connectivity index (χ2n) is 5.87. The molecule has 10 nitrogen and oxygen atoms in total. The van der Waals surface area contributed by atoms with Gasteiger partial charge in [0.15, 0.2) is 0 Å². The highest BCUT2D eigenvalue weighted by Crippen LogP contribution is 2.32. The predicted octanol–water partition coefficient (Wildman–Crippen LogP) is 1.26. The number of carbonyl (C=O) groups is 2. The van der Waals surface area contributed by atoms with Crippen LogP contribution in [-0.2, 0) is 19.6 Å². The van der Waals surface area contributed by atoms with Gasteiger partial charge in [-0.1, -0.05) is 0 Å². The lowest BCUT2D eigenvalue weighted by molar-refractivity contribution is -0.385. The van der Waals surface area contributed by atoms with Gasteiger partial charge in [-0.2, -0.15) is 4.31 Å². The van der Waals surface area contributed by atoms with E-state index >= 15 is 0 Å². The molecule has 0 aromatic heterocycles. The van der Waals surface area contributed by atoms with Crippen molar-refractivity contribution in [1.29, 1.82) is 0 Å². The molecule has 0 saturated carbocycles. The number of nitro benzene ring substituents is 1. The van der Waals surface area contributed by atoms with Gasteiger partial charge < -0.3 is 9.84 Å². The Labute approximate surface area is 149 Å². The van der Waals surface area contributed by atoms with E-state index in [4.69, 9.17) is 0 Å². The normalized spacial score (nSPS) is 21.2. The van der Waals surface area contributed by atoms with Crippen LogP contribution in [0.15, 0.2) is 23.1 Å². The number of rotatable bonds is 5. The van der Waals surface area contributed by atoms with Crippen LogP contribution in [0.4, 0.5) is 5.69 Å². The third kappa shape index (κ3) is 3.53. The molecular formula is C15H18N2O8S. The van der Waals surface area contributed by atoms with Gasteiger partial charge in [-0.15, -0.1) is 0 Å². The van der Waals surface area contributed by atoms with Crippen molar-refractivity contribution >= 4 is 27.6 Å². The van der Waals surface area contributed by atoms with Crippen LogP contribution in [-0.4, -0.2) is 54.4 Å². The minimum absolute atomic E-state index is 0.0522. The number of hydrogen-bond acceptors (Lipinski definition) is 7. The summed E-state index contributed by atoms with van der Waals surface area (Å²) < 4.78 is 31.7. The lowest BCUT2D eigenvalue weighted by Crippen LogP contribution is -2.49. The van der Waals surface area contributed by atoms with Gasteiger partial charge in [0.05, 0.1) is 23.5 Å². The summed E-state index contributed by atoms with van der Waals surface area (Å²) in [5, 5.41) is 20.3. The van der Waals surface area contributed by atoms with E-state index in [2.05, 4.69) is 4.74 Å². The fourth-order valence-corrected chi connectivity index (χ4v) is 4.93. The van der Waals surface area contributed by atoms with Crippen LogP contribution in [0.25, 0.3) is 0 Å². The zero-order valence-corrected chi connectivity index (χ0v) is 14.9. The van der Waals surface area contributed by atoms with E-state index in [-0.39, 0.29) is 12.1 Å². The summed E-state index contributed by atoms with van der Waals surface area (Å²) in [6.45, 7) is 1.52. The molecule has 1 heterocycles. The van der Waals surface area contributed by atoms with Crippen molar-refractivity contribution in [1.82, 2.24) is 4.31 Å². The van der Waals surface area contributed by atoms with Crippen LogP contribution in [0.1, 0.15) is 30.1 Å². The molecule has 1 N–H and O–H groups in total. The number of hydrogen-bond donors (Lipinski definition) is 1. The third-order valence-electron chi connectivity index (χ3n) is 4.42. The number of ether oxygens (including phenoxy) is 1. The number of carboxylic acid groups (broad SMARTS) is 1. The number of esters is 1. The Morgan fingerprint density at radius 1 is 1.38 bits per heavy atom. The van der Waals surface area contributed by atoms with Crippen molar-refractivity contribution in [2.24, 2.45) is 5.92 Å². The fraction of sp³-hybridized carbons (Fsp3) is 0.467. The zero-order valence-electron chi connectivity index (χ0n) is 14.1. The summed E-state index contributed by atoms with van der Waals surface area (Å²) in [7, 11) is -3.30. The molecule has 26 heavy (non-hydrogen) atoms. The van der Waals surface area contributed by atoms with Crippen LogP contribution in [0, 0.1) is 16.0 Å². The Morgan fingerprint density at radius 3 is 2.58 bits per heavy atom. The fourth-order valence-electron chi connectivity index (χ4n) is 3.02. The maximum absolute atomic E-state index is 13.1. The average Bonchev–Trinajstić information content (AvgIpc) is 2.60. The summed E-state index contributed by atoms with van der Waals surface area (Å²) >= 11 is 0. The Hall–Kier alpha value is -2.53. The molecule has 0 bridgehead atoms. The summed E-state index contributed by atoms with van der Waals surface area (Å²) in [5.74, 6) is -2.98. The number of carboxylic acids is 1. The van der Waals surface area contributed by atoms with Gasteiger partial charge in [-0.3, -0.25) is 14.9 Å². The SMILES string of the molecule is COC(=O)c1ccc([N+](=O)[O-])cc1S(=O)(=O)N1CCC[C@H](C(=O)O)[C@@H]1C. The van der Waals surface area contributed by atoms with Gasteiger partial charge in [0.1, 0.15) is 4.90 Å². The number of methoxy groups -OCH3 is 1. The first-order valence-corrected chi connectivity index (χ1v) is 9.16. The van der Waals surface area contributed by atoms with E-state index < -0.39 is 49.4 Å². The minimum atomic E-state index is -4.35. The number of carbonyl (C=O) groups excluding carboxylic acids is 1. The van der Waals surface area contributed by atoms with Crippen LogP contribution < -0.4 is 0 Å². The monoisotopic (exact) mass is 386 g/mol. The van der Waals surface area contributed by atoms with Crippen LogP contribution >= 0.6 is 0 Å². The van der Waals surface area contributed by atoms with Crippen LogP contribution in [0.2, 0.25) is 0 Å². The number of aliphatic carboxylic acids is 1. The molecule has 0 unspecified atom stereocenters. The average molecular weight is 386 g/mol. The number of piperidine rings is 1. The first kappa shape index (κ1) is 19.8. The number of sulfonamides is 1. The lowest BCUT2D eigenvalue weighted by atomic mass is 9.92. The molecule has 1 fully saturated rings. The Balaban J connectivity index is 2.60. The first-order chi connectivity index (χ1) is 12.1. The quantitative estimate of drug-likeness (QED) is 0.452. The molecule has 0 amide bonds. The van der Waals surface area contributed by atoms with Gasteiger partial charge in [0, 0.05) is 24.7 Å². The molecule has 1 aromatic carbocycles. The van der Waals surface area contributed by atoms with E-state index in [0.717, 1.165) is 29.6 Å². The lowest BCUT2D eigenvalue weighted by Gasteiger charge is -2.36. The molecule has 1 aromatic rings. The van der Waals surface area contributed by atoms with E-state index in [9.17, 15) is 33.2 Å². The maximum Gasteiger partial charge on any atom is 0.339 e. The highest BCUT2D eigenvalue weighted by atomic mass is 32.2. The molecule has 142 valence electrons. The summed E-state index contributed by atoms with van der Waals surface area (Å²) in [6, 6.07) is 1.94. The molecule has 2 atom stereocenters. The number of benzene rings is 1. The molecule has 0 spiro atoms. The molecule has 2 rings (SSSR count). The topological polar surface area (TPSA) is 144 Å². The Morgan fingerprint density at radius 2 is 2.04 bits per heavy atom. The second-order valence-corrected chi connectivity index (χ2v) is 7.73. The summed E-state index contributed by atoms with van der Waals surface area (Å²) in [6.07, 6.45) is 0.643. The van der Waals surface area contributed by atoms with E-state index in [1.165, 1.54) is 6.92 Å². The van der Waals surface area contributed by atoms with Crippen LogP contribution in [0.3, 0.4) is 0 Å². The van der Waals surface area contributed by atoms with Crippen molar-refractivity contribution in [3.8, 4) is 0 Å². The highest BCUT2D eigenvalue weighted by Gasteiger charge is 2.41. The van der Waals surface area contributed by atoms with Gasteiger partial charge in [-0.05, 0) is 25.8 Å². The molecule has 1 saturated heterocycles. The van der Waals surface area contributed by atoms with Crippen molar-refractivity contribution in [3.63, 3.8) is 0 Å². The van der Waals surface area contributed by atoms with E-state index in [0.29, 0.717) is 12.8 Å². The van der Waals surface area contributed by atoms with Gasteiger partial charge in [0.2, 0.25) is 10.0 Å². The molecule has 11 heteroatoms. The Kier molecular flexibility index (Phi) is 5.62. The van der Waals surface area contributed by atoms with Crippen molar-refractivity contribution < 1.29 is 32.8 Å². The molecule has 0 radical (unpaired) electrons. The maximum atomic E-state index is 13.1. The molecule has 0 aliphatic carbocycles. The van der Waals surface area contributed by atoms with Crippen molar-refractivity contribution in [2.75, 3.05) is 13.7 Å². The molecular weight excluding hydrogens is 368 g/mol. The molecule has 1 aliphatic heterocycles. The standard InChI is InChI=1S/C15H18N2O8S/c1-9-11(14(18)19)4-3-7-16(9)26(23,24)13-8-10(17(21)22)5-6-12(13)15(20)25-2/h5-6,8-9,11H,3-4,7H2,1-2H3,(H,18,19)/t9-,11-/m0/s1. The summed E-state index contributed by atoms with van der Waals surface area (Å²) in [5.41, 5.74) is -0.849. The minimum Gasteiger partial charge on any atom is -0.481 e. The van der Waals surface area contributed by atoms with Crippen molar-refractivity contribution in [3.05, 3.63) is 33.9 Å². The number of nitro groups is 1. The summed E-state index contributed by atoms with van der Waals surface area (Å²) in [4.78, 5) is 32.9.